The zero-order valence-electron chi connectivity index (χ0n) is 13.3. The number of aromatic amines is 1. The second-order valence-corrected chi connectivity index (χ2v) is 11.4. The number of fused-ring (bicyclic) bond motifs is 3. The molecule has 0 aliphatic carbocycles. The quantitative estimate of drug-likeness (QED) is 0.593. The number of hydrogen-bond acceptors (Lipinski definition) is 4. The molecule has 5 nitrogen and oxygen atoms in total. The highest BCUT2D eigenvalue weighted by Crippen LogP contribution is 2.28. The van der Waals surface area contributed by atoms with E-state index in [4.69, 9.17) is 14.2 Å². The molecule has 2 aromatic heterocycles. The molecule has 0 aliphatic heterocycles. The lowest BCUT2D eigenvalue weighted by atomic mass is 10.1. The molecule has 22 heavy (non-hydrogen) atoms. The number of esters is 1. The van der Waals surface area contributed by atoms with Gasteiger partial charge in [-0.1, -0.05) is 19.6 Å². The lowest BCUT2D eigenvalue weighted by Gasteiger charge is -2.11. The number of carbonyl (C=O) groups is 1. The highest BCUT2D eigenvalue weighted by Gasteiger charge is 2.22. The van der Waals surface area contributed by atoms with Crippen molar-refractivity contribution in [1.82, 2.24) is 10.1 Å². The number of H-pyrrole nitrogens is 1. The molecule has 3 aromatic rings. The van der Waals surface area contributed by atoms with Crippen molar-refractivity contribution in [3.63, 3.8) is 0 Å². The van der Waals surface area contributed by atoms with Crippen molar-refractivity contribution in [1.29, 1.82) is 0 Å². The minimum Gasteiger partial charge on any atom is -0.466 e. The van der Waals surface area contributed by atoms with Gasteiger partial charge in [0.15, 0.2) is 5.58 Å². The minimum atomic E-state index is -1.49. The number of nitrogens with zero attached hydrogens (tertiary/aromatic N) is 1. The highest BCUT2D eigenvalue weighted by molar-refractivity contribution is 6.88. The van der Waals surface area contributed by atoms with Crippen LogP contribution < -0.4 is 5.32 Å². The van der Waals surface area contributed by atoms with Gasteiger partial charge in [0.05, 0.1) is 29.6 Å². The van der Waals surface area contributed by atoms with Crippen LogP contribution in [0.2, 0.25) is 19.6 Å². The van der Waals surface area contributed by atoms with Gasteiger partial charge < -0.3 is 9.26 Å². The molecule has 1 N–H and O–H groups in total. The molecule has 116 valence electrons. The van der Waals surface area contributed by atoms with E-state index in [1.807, 2.05) is 12.1 Å². The molecule has 0 unspecified atom stereocenters. The first-order valence-corrected chi connectivity index (χ1v) is 11.0. The average molecular weight is 316 g/mol. The van der Waals surface area contributed by atoms with E-state index in [1.165, 1.54) is 5.32 Å². The van der Waals surface area contributed by atoms with E-state index in [2.05, 4.69) is 30.9 Å². The van der Waals surface area contributed by atoms with Crippen LogP contribution in [0.3, 0.4) is 0 Å². The molecular weight excluding hydrogens is 296 g/mol. The Labute approximate surface area is 129 Å². The van der Waals surface area contributed by atoms with Gasteiger partial charge in [-0.3, -0.25) is 9.78 Å². The second kappa shape index (κ2) is 5.28. The summed E-state index contributed by atoms with van der Waals surface area (Å²) >= 11 is 0. The number of nitrogens with one attached hydrogen (secondary N) is 1. The third-order valence-corrected chi connectivity index (χ3v) is 5.48. The normalized spacial score (nSPS) is 12.2. The summed E-state index contributed by atoms with van der Waals surface area (Å²) in [6.45, 7) is 8.99. The summed E-state index contributed by atoms with van der Waals surface area (Å²) < 4.78 is 10.5. The van der Waals surface area contributed by atoms with Crippen LogP contribution in [0, 0.1) is 0 Å². The molecule has 1 aromatic carbocycles. The average Bonchev–Trinajstić information content (AvgIpc) is 3.01. The lowest BCUT2D eigenvalue weighted by molar-refractivity contribution is -0.142. The molecule has 0 radical (unpaired) electrons. The van der Waals surface area contributed by atoms with Gasteiger partial charge in [0.1, 0.15) is 8.07 Å². The van der Waals surface area contributed by atoms with Crippen molar-refractivity contribution >= 4 is 41.2 Å². The molecule has 0 amide bonds. The minimum absolute atomic E-state index is 0.174. The number of benzene rings is 1. The van der Waals surface area contributed by atoms with Crippen LogP contribution >= 0.6 is 0 Å². The number of hydrogen-bond donors (Lipinski definition) is 1. The van der Waals surface area contributed by atoms with Gasteiger partial charge in [-0.25, -0.2) is 5.16 Å². The molecule has 0 spiro atoms. The first-order chi connectivity index (χ1) is 10.4. The zero-order chi connectivity index (χ0) is 15.9. The molecule has 3 rings (SSSR count). The van der Waals surface area contributed by atoms with Crippen LogP contribution in [0.25, 0.3) is 21.9 Å². The van der Waals surface area contributed by atoms with Gasteiger partial charge >= 0.3 is 5.97 Å². The van der Waals surface area contributed by atoms with Gasteiger partial charge in [-0.2, -0.15) is 0 Å². The van der Waals surface area contributed by atoms with Crippen molar-refractivity contribution in [2.24, 2.45) is 0 Å². The molecule has 6 heteroatoms. The van der Waals surface area contributed by atoms with E-state index in [1.54, 1.807) is 6.92 Å². The van der Waals surface area contributed by atoms with Gasteiger partial charge in [0, 0.05) is 10.7 Å². The van der Waals surface area contributed by atoms with Gasteiger partial charge in [-0.05, 0) is 25.1 Å². The van der Waals surface area contributed by atoms with Crippen molar-refractivity contribution in [3.05, 3.63) is 23.9 Å². The molecular formula is C16H20N2O3Si. The van der Waals surface area contributed by atoms with Crippen molar-refractivity contribution in [3.8, 4) is 0 Å². The standard InChI is InChI=1S/C16H20N2O3Si/c1-5-20-15(19)9-12-16-10-8-14(22(2,3)4)17-11(10)6-7-13(16)21-18-12/h6-8,18H,5,9H2,1-4H3. The van der Waals surface area contributed by atoms with E-state index >= 15 is 0 Å². The third-order valence-electron chi connectivity index (χ3n) is 3.69. The molecule has 0 saturated carbocycles. The zero-order valence-corrected chi connectivity index (χ0v) is 14.3. The first kappa shape index (κ1) is 14.8. The van der Waals surface area contributed by atoms with E-state index in [0.717, 1.165) is 27.6 Å². The van der Waals surface area contributed by atoms with Crippen LogP contribution in [-0.2, 0) is 16.0 Å². The SMILES string of the molecule is CCOC(=O)Cc1[nH]oc2ccc3nc([Si](C)(C)C)cc3c12. The van der Waals surface area contributed by atoms with Crippen LogP contribution in [0.5, 0.6) is 0 Å². The Morgan fingerprint density at radius 3 is 2.82 bits per heavy atom. The topological polar surface area (TPSA) is 68.1 Å². The van der Waals surface area contributed by atoms with Gasteiger partial charge in [0.25, 0.3) is 0 Å². The van der Waals surface area contributed by atoms with Crippen LogP contribution in [0.4, 0.5) is 0 Å². The maximum atomic E-state index is 11.8. The summed E-state index contributed by atoms with van der Waals surface area (Å²) in [5.41, 5.74) is 2.43. The first-order valence-electron chi connectivity index (χ1n) is 7.45. The lowest BCUT2D eigenvalue weighted by Crippen LogP contribution is -2.38. The predicted molar refractivity (Wildman–Crippen MR) is 89.2 cm³/mol. The number of aromatic nitrogens is 2. The van der Waals surface area contributed by atoms with E-state index < -0.39 is 8.07 Å². The summed E-state index contributed by atoms with van der Waals surface area (Å²) in [6.07, 6.45) is 0.174. The summed E-state index contributed by atoms with van der Waals surface area (Å²) in [7, 11) is -1.49. The molecule has 2 heterocycles. The van der Waals surface area contributed by atoms with Crippen molar-refractivity contribution in [2.75, 3.05) is 6.61 Å². The van der Waals surface area contributed by atoms with Crippen LogP contribution in [-0.4, -0.2) is 30.8 Å². The maximum Gasteiger partial charge on any atom is 0.311 e. The Kier molecular flexibility index (Phi) is 3.56. The Balaban J connectivity index is 2.15. The van der Waals surface area contributed by atoms with E-state index in [-0.39, 0.29) is 12.4 Å². The summed E-state index contributed by atoms with van der Waals surface area (Å²) in [5.74, 6) is -0.261. The predicted octanol–water partition coefficient (Wildman–Crippen LogP) is 2.96. The Hall–Kier alpha value is -2.08. The fraction of sp³-hybridized carbons (Fsp3) is 0.375. The van der Waals surface area contributed by atoms with Crippen molar-refractivity contribution in [2.45, 2.75) is 33.0 Å². The molecule has 0 fully saturated rings. The number of carbonyl (C=O) groups excluding carboxylic acids is 1. The Morgan fingerprint density at radius 2 is 2.14 bits per heavy atom. The van der Waals surface area contributed by atoms with E-state index in [0.29, 0.717) is 6.61 Å². The summed E-state index contributed by atoms with van der Waals surface area (Å²) in [6, 6.07) is 6.00. The second-order valence-electron chi connectivity index (χ2n) is 6.43. The third kappa shape index (κ3) is 2.54. The Bertz CT molecular complexity index is 842. The smallest absolute Gasteiger partial charge is 0.311 e. The van der Waals surface area contributed by atoms with E-state index in [9.17, 15) is 4.79 Å². The monoisotopic (exact) mass is 316 g/mol. The highest BCUT2D eigenvalue weighted by atomic mass is 28.3. The summed E-state index contributed by atoms with van der Waals surface area (Å²) in [4.78, 5) is 16.5. The maximum absolute atomic E-state index is 11.8. The molecule has 0 aliphatic rings. The number of ether oxygens (including phenoxy) is 1. The fourth-order valence-electron chi connectivity index (χ4n) is 2.56. The van der Waals surface area contributed by atoms with Crippen LogP contribution in [0.15, 0.2) is 22.7 Å². The molecule has 0 saturated heterocycles. The molecule has 0 bridgehead atoms. The van der Waals surface area contributed by atoms with Gasteiger partial charge in [0.2, 0.25) is 0 Å². The largest absolute Gasteiger partial charge is 0.466 e. The molecule has 0 atom stereocenters. The van der Waals surface area contributed by atoms with Crippen LogP contribution in [0.1, 0.15) is 12.6 Å². The summed E-state index contributed by atoms with van der Waals surface area (Å²) in [5, 5.41) is 5.99. The van der Waals surface area contributed by atoms with Crippen molar-refractivity contribution < 1.29 is 14.1 Å². The van der Waals surface area contributed by atoms with Gasteiger partial charge in [-0.15, -0.1) is 0 Å². The Morgan fingerprint density at radius 1 is 1.36 bits per heavy atom. The number of rotatable bonds is 4. The fourth-order valence-corrected chi connectivity index (χ4v) is 3.59.